The summed E-state index contributed by atoms with van der Waals surface area (Å²) in [6.45, 7) is 18.8. The van der Waals surface area contributed by atoms with Gasteiger partial charge in [-0.15, -0.1) is 0 Å². The summed E-state index contributed by atoms with van der Waals surface area (Å²) < 4.78 is 0. The SMILES string of the molecule is CC(C)(C)c1ccc2c(c1)B1c3cc(-c4ccccc4)ccc3N(c3ccc(-c4ccccc4)cc3)c3cc(C(C)(C)C)cc(c31)N2c1ccc(-c2ccc3c(c2)C(C)(C)c2ccccc2-3)cc1. The van der Waals surface area contributed by atoms with Crippen molar-refractivity contribution in [2.75, 3.05) is 9.80 Å². The van der Waals surface area contributed by atoms with Gasteiger partial charge in [-0.3, -0.25) is 0 Å². The third-order valence-corrected chi connectivity index (χ3v) is 15.2. The molecular weight excluding hydrogens is 820 g/mol. The number of nitrogens with zero attached hydrogens (tertiary/aromatic N) is 2. The van der Waals surface area contributed by atoms with E-state index in [1.165, 1.54) is 106 Å². The summed E-state index contributed by atoms with van der Waals surface area (Å²) in [5.74, 6) is 0. The van der Waals surface area contributed by atoms with E-state index in [9.17, 15) is 0 Å². The van der Waals surface area contributed by atoms with E-state index in [0.29, 0.717) is 0 Å². The minimum Gasteiger partial charge on any atom is -0.311 e. The molecule has 68 heavy (non-hydrogen) atoms. The molecule has 3 aliphatic rings. The normalized spacial score (nSPS) is 14.2. The zero-order chi connectivity index (χ0) is 46.7. The van der Waals surface area contributed by atoms with Crippen molar-refractivity contribution in [3.8, 4) is 44.5 Å². The molecular formula is C65H57BN2. The van der Waals surface area contributed by atoms with Crippen LogP contribution in [0.1, 0.15) is 77.6 Å². The molecule has 12 rings (SSSR count). The topological polar surface area (TPSA) is 6.48 Å². The van der Waals surface area contributed by atoms with Gasteiger partial charge >= 0.3 is 0 Å². The van der Waals surface area contributed by atoms with Gasteiger partial charge in [0.1, 0.15) is 0 Å². The molecule has 0 atom stereocenters. The predicted molar refractivity (Wildman–Crippen MR) is 292 cm³/mol. The van der Waals surface area contributed by atoms with E-state index in [1.54, 1.807) is 0 Å². The molecule has 0 radical (unpaired) electrons. The Hall–Kier alpha value is -7.36. The van der Waals surface area contributed by atoms with Gasteiger partial charge in [0.25, 0.3) is 6.71 Å². The van der Waals surface area contributed by atoms with E-state index in [0.717, 1.165) is 11.4 Å². The highest BCUT2D eigenvalue weighted by molar-refractivity contribution is 7.00. The van der Waals surface area contributed by atoms with Crippen LogP contribution in [0, 0.1) is 0 Å². The molecule has 0 fully saturated rings. The molecule has 2 heterocycles. The highest BCUT2D eigenvalue weighted by atomic mass is 15.2. The summed E-state index contributed by atoms with van der Waals surface area (Å²) in [5.41, 5.74) is 26.5. The second-order valence-electron chi connectivity index (χ2n) is 21.8. The fourth-order valence-corrected chi connectivity index (χ4v) is 11.4. The van der Waals surface area contributed by atoms with Crippen LogP contribution in [-0.2, 0) is 16.2 Å². The lowest BCUT2D eigenvalue weighted by Gasteiger charge is -2.45. The highest BCUT2D eigenvalue weighted by Crippen LogP contribution is 2.51. The van der Waals surface area contributed by atoms with Crippen LogP contribution in [0.15, 0.2) is 200 Å². The Morgan fingerprint density at radius 2 is 0.794 bits per heavy atom. The average Bonchev–Trinajstić information content (AvgIpc) is 3.58. The minimum atomic E-state index is -0.117. The van der Waals surface area contributed by atoms with Crippen molar-refractivity contribution in [3.63, 3.8) is 0 Å². The maximum atomic E-state index is 2.57. The van der Waals surface area contributed by atoms with Gasteiger partial charge in [0.15, 0.2) is 0 Å². The molecule has 0 bridgehead atoms. The lowest BCUT2D eigenvalue weighted by atomic mass is 9.33. The van der Waals surface area contributed by atoms with Crippen LogP contribution in [0.2, 0.25) is 0 Å². The van der Waals surface area contributed by atoms with Crippen molar-refractivity contribution >= 4 is 57.2 Å². The smallest absolute Gasteiger partial charge is 0.252 e. The summed E-state index contributed by atoms with van der Waals surface area (Å²) >= 11 is 0. The molecule has 0 saturated carbocycles. The third kappa shape index (κ3) is 6.69. The number of hydrogen-bond donors (Lipinski definition) is 0. The number of benzene rings is 9. The molecule has 0 unspecified atom stereocenters. The van der Waals surface area contributed by atoms with Crippen molar-refractivity contribution in [3.05, 3.63) is 222 Å². The molecule has 9 aromatic carbocycles. The van der Waals surface area contributed by atoms with Gasteiger partial charge in [0.2, 0.25) is 0 Å². The predicted octanol–water partition coefficient (Wildman–Crippen LogP) is 15.7. The van der Waals surface area contributed by atoms with E-state index >= 15 is 0 Å². The molecule has 2 nitrogen and oxygen atoms in total. The van der Waals surface area contributed by atoms with Crippen LogP contribution in [0.5, 0.6) is 0 Å². The lowest BCUT2D eigenvalue weighted by Crippen LogP contribution is -2.61. The summed E-state index contributed by atoms with van der Waals surface area (Å²) in [4.78, 5) is 5.12. The molecule has 0 aromatic heterocycles. The van der Waals surface area contributed by atoms with E-state index < -0.39 is 0 Å². The van der Waals surface area contributed by atoms with Crippen LogP contribution >= 0.6 is 0 Å². The average molecular weight is 877 g/mol. The van der Waals surface area contributed by atoms with E-state index in [-0.39, 0.29) is 23.0 Å². The van der Waals surface area contributed by atoms with Crippen LogP contribution in [-0.4, -0.2) is 6.71 Å². The standard InChI is InChI=1S/C65H57BN2/c1-63(2,3)48-29-36-59-57(39-48)66-56-38-47(43-19-13-10-14-20-43)28-35-58(56)67(50-30-23-44(24-31-50)42-17-11-9-12-18-42)60-40-49(64(4,5)6)41-61(62(60)66)68(59)51-32-25-45(26-33-51)46-27-34-53-52-21-15-16-22-54(52)65(7,8)55(53)37-46/h9-41H,1-8H3. The zero-order valence-corrected chi connectivity index (χ0v) is 40.5. The zero-order valence-electron chi connectivity index (χ0n) is 40.5. The van der Waals surface area contributed by atoms with Crippen LogP contribution in [0.3, 0.4) is 0 Å². The van der Waals surface area contributed by atoms with Crippen molar-refractivity contribution in [1.29, 1.82) is 0 Å². The van der Waals surface area contributed by atoms with E-state index in [2.05, 4.69) is 265 Å². The Morgan fingerprint density at radius 1 is 0.353 bits per heavy atom. The van der Waals surface area contributed by atoms with Crippen molar-refractivity contribution < 1.29 is 0 Å². The number of hydrogen-bond acceptors (Lipinski definition) is 2. The fraction of sp³-hybridized carbons (Fsp3) is 0.169. The first kappa shape index (κ1) is 42.0. The Kier molecular flexibility index (Phi) is 9.48. The van der Waals surface area contributed by atoms with Crippen molar-refractivity contribution in [2.24, 2.45) is 0 Å². The Morgan fingerprint density at radius 3 is 1.38 bits per heavy atom. The molecule has 2 aliphatic heterocycles. The van der Waals surface area contributed by atoms with Gasteiger partial charge in [-0.05, 0) is 149 Å². The first-order chi connectivity index (χ1) is 32.7. The van der Waals surface area contributed by atoms with Crippen LogP contribution in [0.25, 0.3) is 44.5 Å². The van der Waals surface area contributed by atoms with E-state index in [1.807, 2.05) is 0 Å². The van der Waals surface area contributed by atoms with Crippen LogP contribution in [0.4, 0.5) is 34.1 Å². The van der Waals surface area contributed by atoms with Gasteiger partial charge in [-0.1, -0.05) is 201 Å². The molecule has 0 saturated heterocycles. The first-order valence-electron chi connectivity index (χ1n) is 24.4. The molecule has 1 aliphatic carbocycles. The Labute approximate surface area is 403 Å². The minimum absolute atomic E-state index is 0.000707. The van der Waals surface area contributed by atoms with E-state index in [4.69, 9.17) is 0 Å². The molecule has 0 N–H and O–H groups in total. The molecule has 330 valence electrons. The van der Waals surface area contributed by atoms with Gasteiger partial charge in [0.05, 0.1) is 0 Å². The lowest BCUT2D eigenvalue weighted by molar-refractivity contribution is 0.590. The van der Waals surface area contributed by atoms with Gasteiger partial charge in [0, 0.05) is 39.5 Å². The molecule has 0 spiro atoms. The second-order valence-corrected chi connectivity index (χ2v) is 21.8. The Balaban J connectivity index is 1.08. The number of rotatable bonds is 5. The monoisotopic (exact) mass is 876 g/mol. The third-order valence-electron chi connectivity index (χ3n) is 15.2. The van der Waals surface area contributed by atoms with Crippen LogP contribution < -0.4 is 26.2 Å². The second kappa shape index (κ2) is 15.3. The summed E-state index contributed by atoms with van der Waals surface area (Å²) in [5, 5.41) is 0. The van der Waals surface area contributed by atoms with Crippen molar-refractivity contribution in [2.45, 2.75) is 71.6 Å². The van der Waals surface area contributed by atoms with Crippen molar-refractivity contribution in [1.82, 2.24) is 0 Å². The molecule has 3 heteroatoms. The van der Waals surface area contributed by atoms with Gasteiger partial charge in [-0.2, -0.15) is 0 Å². The Bertz CT molecular complexity index is 3430. The first-order valence-corrected chi connectivity index (χ1v) is 24.4. The summed E-state index contributed by atoms with van der Waals surface area (Å²) in [6, 6.07) is 75.7. The molecule has 9 aromatic rings. The van der Waals surface area contributed by atoms with Gasteiger partial charge < -0.3 is 9.80 Å². The summed E-state index contributed by atoms with van der Waals surface area (Å²) in [7, 11) is 0. The fourth-order valence-electron chi connectivity index (χ4n) is 11.4. The number of fused-ring (bicyclic) bond motifs is 7. The highest BCUT2D eigenvalue weighted by Gasteiger charge is 2.45. The maximum Gasteiger partial charge on any atom is 0.252 e. The summed E-state index contributed by atoms with van der Waals surface area (Å²) in [6.07, 6.45) is 0. The van der Waals surface area contributed by atoms with Gasteiger partial charge in [-0.25, -0.2) is 0 Å². The molecule has 0 amide bonds. The quantitative estimate of drug-likeness (QED) is 0.159. The maximum absolute atomic E-state index is 2.57. The number of anilines is 6. The largest absolute Gasteiger partial charge is 0.311 e.